The van der Waals surface area contributed by atoms with Gasteiger partial charge in [0.25, 0.3) is 0 Å². The Balaban J connectivity index is 1.45. The fraction of sp³-hybridized carbons (Fsp3) is 0.368. The number of urea groups is 1. The van der Waals surface area contributed by atoms with Gasteiger partial charge >= 0.3 is 11.7 Å². The van der Waals surface area contributed by atoms with Gasteiger partial charge < -0.3 is 14.7 Å². The van der Waals surface area contributed by atoms with Crippen LogP contribution in [0.1, 0.15) is 36.0 Å². The Kier molecular flexibility index (Phi) is 4.72. The number of para-hydroxylation sites is 1. The molecule has 1 aromatic carbocycles. The zero-order valence-corrected chi connectivity index (χ0v) is 15.8. The molecule has 0 radical (unpaired) electrons. The summed E-state index contributed by atoms with van der Waals surface area (Å²) < 4.78 is 6.70. The van der Waals surface area contributed by atoms with E-state index in [1.165, 1.54) is 0 Å². The van der Waals surface area contributed by atoms with Crippen LogP contribution in [0.15, 0.2) is 39.6 Å². The zero-order chi connectivity index (χ0) is 19.7. The van der Waals surface area contributed by atoms with Crippen LogP contribution in [0.25, 0.3) is 5.69 Å². The monoisotopic (exact) mass is 382 g/mol. The number of rotatable bonds is 3. The maximum absolute atomic E-state index is 12.6. The topological polar surface area (TPSA) is 109 Å². The Hall–Kier alpha value is -3.36. The largest absolute Gasteiger partial charge is 0.359 e. The molecule has 9 heteroatoms. The molecule has 1 fully saturated rings. The van der Waals surface area contributed by atoms with E-state index in [9.17, 15) is 9.59 Å². The lowest BCUT2D eigenvalue weighted by atomic mass is 9.96. The number of piperidine rings is 1. The number of aromatic amines is 1. The fourth-order valence-electron chi connectivity index (χ4n) is 3.60. The highest BCUT2D eigenvalue weighted by atomic mass is 16.5. The van der Waals surface area contributed by atoms with Gasteiger partial charge in [0, 0.05) is 19.0 Å². The van der Waals surface area contributed by atoms with Gasteiger partial charge in [0.15, 0.2) is 5.76 Å². The molecule has 0 unspecified atom stereocenters. The summed E-state index contributed by atoms with van der Waals surface area (Å²) in [4.78, 5) is 26.6. The lowest BCUT2D eigenvalue weighted by Crippen LogP contribution is -2.41. The first-order valence-corrected chi connectivity index (χ1v) is 9.26. The van der Waals surface area contributed by atoms with E-state index in [2.05, 4.69) is 20.7 Å². The molecular weight excluding hydrogens is 360 g/mol. The summed E-state index contributed by atoms with van der Waals surface area (Å²) in [5.74, 6) is 1.40. The van der Waals surface area contributed by atoms with Crippen LogP contribution in [-0.2, 0) is 0 Å². The number of carbonyl (C=O) groups excluding carboxylic acids is 1. The maximum Gasteiger partial charge on any atom is 0.347 e. The standard InChI is InChI=1S/C19H22N6O3/c1-12-16(13(2)28-23-12)20-18(26)24-10-8-14(9-11-24)17-21-22-19(27)25(17)15-6-4-3-5-7-15/h3-7,14H,8-11H2,1-2H3,(H,20,26)(H,22,27). The summed E-state index contributed by atoms with van der Waals surface area (Å²) in [5.41, 5.74) is 1.82. The summed E-state index contributed by atoms with van der Waals surface area (Å²) in [6.45, 7) is 4.71. The van der Waals surface area contributed by atoms with E-state index >= 15 is 0 Å². The SMILES string of the molecule is Cc1noc(C)c1NC(=O)N1CCC(c2n[nH]c(=O)n2-c2ccccc2)CC1. The number of likely N-dealkylation sites (tertiary alicyclic amines) is 1. The van der Waals surface area contributed by atoms with Crippen LogP contribution in [0.3, 0.4) is 0 Å². The second kappa shape index (κ2) is 7.34. The first kappa shape index (κ1) is 18.0. The number of amides is 2. The smallest absolute Gasteiger partial charge is 0.347 e. The van der Waals surface area contributed by atoms with Crippen molar-refractivity contribution >= 4 is 11.7 Å². The Bertz CT molecular complexity index is 1010. The Morgan fingerprint density at radius 1 is 1.21 bits per heavy atom. The minimum Gasteiger partial charge on any atom is -0.359 e. The molecule has 1 saturated heterocycles. The van der Waals surface area contributed by atoms with E-state index in [0.29, 0.717) is 36.1 Å². The van der Waals surface area contributed by atoms with Gasteiger partial charge in [-0.15, -0.1) is 0 Å². The number of nitrogens with one attached hydrogen (secondary N) is 2. The highest BCUT2D eigenvalue weighted by molar-refractivity contribution is 5.90. The average Bonchev–Trinajstić information content (AvgIpc) is 3.26. The van der Waals surface area contributed by atoms with Crippen molar-refractivity contribution in [3.63, 3.8) is 0 Å². The second-order valence-corrected chi connectivity index (χ2v) is 6.95. The molecule has 0 aliphatic carbocycles. The summed E-state index contributed by atoms with van der Waals surface area (Å²) in [5, 5.41) is 13.5. The molecule has 2 aromatic heterocycles. The molecule has 2 N–H and O–H groups in total. The fourth-order valence-corrected chi connectivity index (χ4v) is 3.60. The number of benzene rings is 1. The van der Waals surface area contributed by atoms with Crippen molar-refractivity contribution in [3.8, 4) is 5.69 Å². The van der Waals surface area contributed by atoms with Gasteiger partial charge in [-0.05, 0) is 38.8 Å². The normalized spacial score (nSPS) is 15.0. The molecule has 146 valence electrons. The van der Waals surface area contributed by atoms with Gasteiger partial charge in [-0.25, -0.2) is 19.3 Å². The molecule has 0 spiro atoms. The molecule has 2 amide bonds. The van der Waals surface area contributed by atoms with Gasteiger partial charge in [-0.1, -0.05) is 23.4 Å². The molecule has 0 bridgehead atoms. The van der Waals surface area contributed by atoms with E-state index < -0.39 is 0 Å². The van der Waals surface area contributed by atoms with Crippen LogP contribution in [0, 0.1) is 13.8 Å². The summed E-state index contributed by atoms with van der Waals surface area (Å²) in [6.07, 6.45) is 1.46. The third-order valence-corrected chi connectivity index (χ3v) is 5.13. The quantitative estimate of drug-likeness (QED) is 0.724. The van der Waals surface area contributed by atoms with Gasteiger partial charge in [0.2, 0.25) is 0 Å². The number of carbonyl (C=O) groups is 1. The molecule has 4 rings (SSSR count). The number of H-pyrrole nitrogens is 1. The maximum atomic E-state index is 12.6. The third-order valence-electron chi connectivity index (χ3n) is 5.13. The summed E-state index contributed by atoms with van der Waals surface area (Å²) in [6, 6.07) is 9.28. The zero-order valence-electron chi connectivity index (χ0n) is 15.8. The van der Waals surface area contributed by atoms with Crippen molar-refractivity contribution in [2.24, 2.45) is 0 Å². The number of hydrogen-bond donors (Lipinski definition) is 2. The Labute approximate surface area is 161 Å². The minimum absolute atomic E-state index is 0.0993. The van der Waals surface area contributed by atoms with Crippen LogP contribution in [0.5, 0.6) is 0 Å². The van der Waals surface area contributed by atoms with Crippen LogP contribution >= 0.6 is 0 Å². The highest BCUT2D eigenvalue weighted by Gasteiger charge is 2.28. The Morgan fingerprint density at radius 3 is 2.57 bits per heavy atom. The van der Waals surface area contributed by atoms with Gasteiger partial charge in [0.05, 0.1) is 5.69 Å². The van der Waals surface area contributed by atoms with Crippen molar-refractivity contribution in [1.82, 2.24) is 24.8 Å². The van der Waals surface area contributed by atoms with Crippen molar-refractivity contribution in [2.75, 3.05) is 18.4 Å². The molecule has 1 aliphatic rings. The number of aromatic nitrogens is 4. The molecule has 3 heterocycles. The van der Waals surface area contributed by atoms with Crippen molar-refractivity contribution in [1.29, 1.82) is 0 Å². The third kappa shape index (κ3) is 3.30. The minimum atomic E-state index is -0.250. The number of hydrogen-bond acceptors (Lipinski definition) is 5. The first-order valence-electron chi connectivity index (χ1n) is 9.26. The number of aryl methyl sites for hydroxylation is 2. The lowest BCUT2D eigenvalue weighted by Gasteiger charge is -2.31. The molecule has 1 aliphatic heterocycles. The highest BCUT2D eigenvalue weighted by Crippen LogP contribution is 2.28. The van der Waals surface area contributed by atoms with E-state index in [0.717, 1.165) is 18.5 Å². The van der Waals surface area contributed by atoms with Gasteiger partial charge in [-0.2, -0.15) is 5.10 Å². The van der Waals surface area contributed by atoms with Crippen LogP contribution in [-0.4, -0.2) is 43.9 Å². The lowest BCUT2D eigenvalue weighted by molar-refractivity contribution is 0.193. The molecule has 28 heavy (non-hydrogen) atoms. The van der Waals surface area contributed by atoms with E-state index in [4.69, 9.17) is 4.52 Å². The molecule has 3 aromatic rings. The van der Waals surface area contributed by atoms with Crippen LogP contribution in [0.2, 0.25) is 0 Å². The van der Waals surface area contributed by atoms with Crippen LogP contribution < -0.4 is 11.0 Å². The van der Waals surface area contributed by atoms with Crippen molar-refractivity contribution < 1.29 is 9.32 Å². The molecule has 9 nitrogen and oxygen atoms in total. The number of anilines is 1. The van der Waals surface area contributed by atoms with Crippen molar-refractivity contribution in [3.05, 3.63) is 58.1 Å². The predicted molar refractivity (Wildman–Crippen MR) is 103 cm³/mol. The number of nitrogens with zero attached hydrogens (tertiary/aromatic N) is 4. The predicted octanol–water partition coefficient (Wildman–Crippen LogP) is 2.58. The Morgan fingerprint density at radius 2 is 1.93 bits per heavy atom. The van der Waals surface area contributed by atoms with Gasteiger partial charge in [0.1, 0.15) is 17.2 Å². The molecule has 0 atom stereocenters. The average molecular weight is 382 g/mol. The summed E-state index contributed by atoms with van der Waals surface area (Å²) in [7, 11) is 0. The molecule has 0 saturated carbocycles. The summed E-state index contributed by atoms with van der Waals surface area (Å²) >= 11 is 0. The van der Waals surface area contributed by atoms with Crippen molar-refractivity contribution in [2.45, 2.75) is 32.6 Å². The van der Waals surface area contributed by atoms with E-state index in [1.54, 1.807) is 23.3 Å². The molecular formula is C19H22N6O3. The van der Waals surface area contributed by atoms with E-state index in [-0.39, 0.29) is 17.6 Å². The van der Waals surface area contributed by atoms with E-state index in [1.807, 2.05) is 30.3 Å². The van der Waals surface area contributed by atoms with Gasteiger partial charge in [-0.3, -0.25) is 0 Å². The van der Waals surface area contributed by atoms with Crippen LogP contribution in [0.4, 0.5) is 10.5 Å². The second-order valence-electron chi connectivity index (χ2n) is 6.95. The first-order chi connectivity index (χ1) is 13.5.